The van der Waals surface area contributed by atoms with E-state index < -0.39 is 0 Å². The highest BCUT2D eigenvalue weighted by molar-refractivity contribution is 5.80. The van der Waals surface area contributed by atoms with Gasteiger partial charge in [0, 0.05) is 24.2 Å². The van der Waals surface area contributed by atoms with Crippen molar-refractivity contribution >= 4 is 10.9 Å². The number of aromatic nitrogens is 4. The summed E-state index contributed by atoms with van der Waals surface area (Å²) in [4.78, 5) is 29.8. The molecule has 0 bridgehead atoms. The SMILES string of the molecule is COc1ccccc1-n1[nH]c2cc(=O)n(Cc3cccnc3)c(C)c2c1=O. The van der Waals surface area contributed by atoms with Gasteiger partial charge in [0.15, 0.2) is 0 Å². The zero-order valence-electron chi connectivity index (χ0n) is 15.0. The molecule has 0 spiro atoms. The van der Waals surface area contributed by atoms with Crippen molar-refractivity contribution in [3.05, 3.63) is 86.8 Å². The summed E-state index contributed by atoms with van der Waals surface area (Å²) >= 11 is 0. The lowest BCUT2D eigenvalue weighted by molar-refractivity contribution is 0.411. The van der Waals surface area contributed by atoms with Crippen molar-refractivity contribution in [2.45, 2.75) is 13.5 Å². The van der Waals surface area contributed by atoms with Gasteiger partial charge in [-0.05, 0) is 30.7 Å². The van der Waals surface area contributed by atoms with Crippen molar-refractivity contribution in [1.29, 1.82) is 0 Å². The third kappa shape index (κ3) is 2.83. The minimum absolute atomic E-state index is 0.183. The first kappa shape index (κ1) is 16.8. The lowest BCUT2D eigenvalue weighted by Gasteiger charge is -2.09. The predicted molar refractivity (Wildman–Crippen MR) is 103 cm³/mol. The van der Waals surface area contributed by atoms with Gasteiger partial charge in [-0.2, -0.15) is 0 Å². The second-order valence-electron chi connectivity index (χ2n) is 6.23. The molecule has 1 N–H and O–H groups in total. The molecule has 3 aromatic heterocycles. The van der Waals surface area contributed by atoms with Crippen LogP contribution in [0.2, 0.25) is 0 Å². The summed E-state index contributed by atoms with van der Waals surface area (Å²) in [6.45, 7) is 2.13. The van der Waals surface area contributed by atoms with Gasteiger partial charge in [-0.15, -0.1) is 0 Å². The summed E-state index contributed by atoms with van der Waals surface area (Å²) in [5.74, 6) is 0.564. The molecule has 4 rings (SSSR count). The van der Waals surface area contributed by atoms with Crippen LogP contribution in [0, 0.1) is 6.92 Å². The third-order valence-electron chi connectivity index (χ3n) is 4.61. The molecular formula is C20H18N4O3. The Hall–Kier alpha value is -3.61. The first-order valence-electron chi connectivity index (χ1n) is 8.47. The van der Waals surface area contributed by atoms with Gasteiger partial charge in [0.2, 0.25) is 0 Å². The van der Waals surface area contributed by atoms with E-state index in [4.69, 9.17) is 4.74 Å². The van der Waals surface area contributed by atoms with E-state index in [1.165, 1.54) is 10.7 Å². The zero-order chi connectivity index (χ0) is 19.0. The van der Waals surface area contributed by atoms with Crippen molar-refractivity contribution in [2.75, 3.05) is 7.11 Å². The van der Waals surface area contributed by atoms with Gasteiger partial charge >= 0.3 is 0 Å². The molecule has 7 heteroatoms. The Balaban J connectivity index is 1.93. The van der Waals surface area contributed by atoms with Crippen LogP contribution in [0.4, 0.5) is 0 Å². The number of H-pyrrole nitrogens is 1. The molecule has 4 aromatic rings. The molecule has 0 saturated heterocycles. The molecule has 0 radical (unpaired) electrons. The first-order chi connectivity index (χ1) is 13.1. The predicted octanol–water partition coefficient (Wildman–Crippen LogP) is 2.24. The molecular weight excluding hydrogens is 344 g/mol. The lowest BCUT2D eigenvalue weighted by Crippen LogP contribution is -2.24. The fourth-order valence-electron chi connectivity index (χ4n) is 3.26. The van der Waals surface area contributed by atoms with Crippen molar-refractivity contribution in [3.63, 3.8) is 0 Å². The van der Waals surface area contributed by atoms with Gasteiger partial charge in [-0.1, -0.05) is 18.2 Å². The molecule has 3 heterocycles. The van der Waals surface area contributed by atoms with Crippen LogP contribution < -0.4 is 15.9 Å². The van der Waals surface area contributed by atoms with E-state index >= 15 is 0 Å². The fourth-order valence-corrected chi connectivity index (χ4v) is 3.26. The molecule has 0 aliphatic rings. The highest BCUT2D eigenvalue weighted by Crippen LogP contribution is 2.22. The second-order valence-corrected chi connectivity index (χ2v) is 6.23. The molecule has 7 nitrogen and oxygen atoms in total. The van der Waals surface area contributed by atoms with Crippen LogP contribution in [-0.4, -0.2) is 26.4 Å². The number of hydrogen-bond acceptors (Lipinski definition) is 4. The number of ether oxygens (including phenoxy) is 1. The summed E-state index contributed by atoms with van der Waals surface area (Å²) in [5, 5.41) is 3.50. The topological polar surface area (TPSA) is 81.9 Å². The maximum absolute atomic E-state index is 13.1. The maximum atomic E-state index is 13.1. The average molecular weight is 362 g/mol. The molecule has 27 heavy (non-hydrogen) atoms. The molecule has 0 fully saturated rings. The molecule has 0 aliphatic heterocycles. The Kier molecular flexibility index (Phi) is 4.12. The molecule has 0 unspecified atom stereocenters. The van der Waals surface area contributed by atoms with Crippen molar-refractivity contribution in [2.24, 2.45) is 0 Å². The minimum atomic E-state index is -0.230. The van der Waals surface area contributed by atoms with Crippen LogP contribution in [0.5, 0.6) is 5.75 Å². The maximum Gasteiger partial charge on any atom is 0.281 e. The number of methoxy groups -OCH3 is 1. The number of rotatable bonds is 4. The van der Waals surface area contributed by atoms with Gasteiger partial charge in [-0.3, -0.25) is 19.7 Å². The number of fused-ring (bicyclic) bond motifs is 1. The second kappa shape index (κ2) is 6.60. The molecule has 0 aliphatic carbocycles. The standard InChI is InChI=1S/C20H18N4O3/c1-13-19-15(10-18(25)23(13)12-14-6-5-9-21-11-14)22-24(20(19)26)16-7-3-4-8-17(16)27-2/h3-11,22H,12H2,1-2H3. The van der Waals surface area contributed by atoms with Crippen LogP contribution in [0.15, 0.2) is 64.4 Å². The van der Waals surface area contributed by atoms with Crippen LogP contribution in [0.25, 0.3) is 16.6 Å². The van der Waals surface area contributed by atoms with E-state index in [1.807, 2.05) is 24.3 Å². The molecule has 0 saturated carbocycles. The summed E-state index contributed by atoms with van der Waals surface area (Å²) in [6.07, 6.45) is 3.39. The normalized spacial score (nSPS) is 11.0. The van der Waals surface area contributed by atoms with Crippen molar-refractivity contribution in [3.8, 4) is 11.4 Å². The smallest absolute Gasteiger partial charge is 0.281 e. The summed E-state index contributed by atoms with van der Waals surface area (Å²) in [7, 11) is 1.55. The monoisotopic (exact) mass is 362 g/mol. The highest BCUT2D eigenvalue weighted by Gasteiger charge is 2.17. The zero-order valence-corrected chi connectivity index (χ0v) is 15.0. The van der Waals surface area contributed by atoms with E-state index in [9.17, 15) is 9.59 Å². The number of pyridine rings is 2. The van der Waals surface area contributed by atoms with Crippen LogP contribution in [0.3, 0.4) is 0 Å². The summed E-state index contributed by atoms with van der Waals surface area (Å²) in [5.41, 5.74) is 2.17. The van der Waals surface area contributed by atoms with Gasteiger partial charge in [0.25, 0.3) is 11.1 Å². The Morgan fingerprint density at radius 1 is 1.15 bits per heavy atom. The number of nitrogens with zero attached hydrogens (tertiary/aromatic N) is 3. The first-order valence-corrected chi connectivity index (χ1v) is 8.47. The van der Waals surface area contributed by atoms with Crippen LogP contribution in [-0.2, 0) is 6.54 Å². The Bertz CT molecular complexity index is 1240. The van der Waals surface area contributed by atoms with Gasteiger partial charge in [0.1, 0.15) is 11.4 Å². The van der Waals surface area contributed by atoms with Gasteiger partial charge in [-0.25, -0.2) is 4.68 Å². The Morgan fingerprint density at radius 2 is 1.96 bits per heavy atom. The minimum Gasteiger partial charge on any atom is -0.494 e. The summed E-state index contributed by atoms with van der Waals surface area (Å²) in [6, 6.07) is 12.4. The van der Waals surface area contributed by atoms with Gasteiger partial charge in [0.05, 0.1) is 24.6 Å². The third-order valence-corrected chi connectivity index (χ3v) is 4.61. The van der Waals surface area contributed by atoms with E-state index in [0.29, 0.717) is 34.6 Å². The fraction of sp³-hybridized carbons (Fsp3) is 0.150. The average Bonchev–Trinajstić information content (AvgIpc) is 3.02. The van der Waals surface area contributed by atoms with E-state index in [0.717, 1.165) is 5.56 Å². The molecule has 0 atom stereocenters. The van der Waals surface area contributed by atoms with E-state index in [1.54, 1.807) is 43.1 Å². The Morgan fingerprint density at radius 3 is 2.70 bits per heavy atom. The molecule has 0 amide bonds. The van der Waals surface area contributed by atoms with E-state index in [2.05, 4.69) is 10.1 Å². The van der Waals surface area contributed by atoms with Crippen LogP contribution >= 0.6 is 0 Å². The molecule has 1 aromatic carbocycles. The number of benzene rings is 1. The number of aromatic amines is 1. The number of hydrogen-bond donors (Lipinski definition) is 1. The quantitative estimate of drug-likeness (QED) is 0.604. The van der Waals surface area contributed by atoms with Crippen LogP contribution in [0.1, 0.15) is 11.3 Å². The van der Waals surface area contributed by atoms with E-state index in [-0.39, 0.29) is 11.1 Å². The number of para-hydroxylation sites is 2. The van der Waals surface area contributed by atoms with Crippen molar-refractivity contribution < 1.29 is 4.74 Å². The number of nitrogens with one attached hydrogen (secondary N) is 1. The number of aryl methyl sites for hydroxylation is 1. The highest BCUT2D eigenvalue weighted by atomic mass is 16.5. The lowest BCUT2D eigenvalue weighted by atomic mass is 10.2. The van der Waals surface area contributed by atoms with Gasteiger partial charge < -0.3 is 9.30 Å². The molecule has 136 valence electrons. The summed E-state index contributed by atoms with van der Waals surface area (Å²) < 4.78 is 8.35. The largest absolute Gasteiger partial charge is 0.494 e. The Labute approximate surface area is 154 Å². The van der Waals surface area contributed by atoms with Crippen molar-refractivity contribution in [1.82, 2.24) is 19.3 Å².